The topological polar surface area (TPSA) is 233 Å². The van der Waals surface area contributed by atoms with Crippen LogP contribution in [0.1, 0.15) is 40.0 Å². The van der Waals surface area contributed by atoms with E-state index in [1.54, 1.807) is 6.92 Å². The Morgan fingerprint density at radius 1 is 1.03 bits per heavy atom. The molecule has 0 unspecified atom stereocenters. The number of rotatable bonds is 10. The average molecular weight is 565 g/mol. The third-order valence-corrected chi connectivity index (χ3v) is 7.71. The maximum Gasteiger partial charge on any atom is 0.335 e. The van der Waals surface area contributed by atoms with Gasteiger partial charge in [0.2, 0.25) is 0 Å². The molecule has 0 spiro atoms. The number of allylic oxidation sites excluding steroid dienone is 1. The molecule has 2 heterocycles. The fourth-order valence-corrected chi connectivity index (χ4v) is 5.49. The molecule has 8 N–H and O–H groups in total. The summed E-state index contributed by atoms with van der Waals surface area (Å²) in [7, 11) is 0. The van der Waals surface area contributed by atoms with E-state index in [0.717, 1.165) is 0 Å². The maximum absolute atomic E-state index is 12.0. The van der Waals surface area contributed by atoms with Crippen molar-refractivity contribution in [2.24, 2.45) is 11.3 Å². The first-order valence-electron chi connectivity index (χ1n) is 12.9. The van der Waals surface area contributed by atoms with E-state index in [9.17, 15) is 50.4 Å². The second-order valence-electron chi connectivity index (χ2n) is 11.1. The van der Waals surface area contributed by atoms with Crippen LogP contribution in [0, 0.1) is 11.3 Å². The van der Waals surface area contributed by atoms with E-state index < -0.39 is 85.5 Å². The SMILES string of the molecule is C[C@H](CC[C@@H]1C(CO)=CC(=O)CC1(C)C)O[C@@H]1O[C@H](CO)[C@@H](O)[C@H](O)[C@H]1O[C@@H]1O[C@H](C(=O)O)[C@@H](O)[C@H](O)[C@H]1O. The lowest BCUT2D eigenvalue weighted by Gasteiger charge is -2.46. The first kappa shape index (κ1) is 32.0. The van der Waals surface area contributed by atoms with Gasteiger partial charge in [-0.25, -0.2) is 4.79 Å². The Kier molecular flexibility index (Phi) is 10.6. The van der Waals surface area contributed by atoms with Crippen LogP contribution >= 0.6 is 0 Å². The molecule has 2 fully saturated rings. The molecule has 3 rings (SSSR count). The number of carboxylic acids is 1. The van der Waals surface area contributed by atoms with E-state index in [0.29, 0.717) is 24.8 Å². The van der Waals surface area contributed by atoms with Gasteiger partial charge in [0.05, 0.1) is 19.3 Å². The van der Waals surface area contributed by atoms with Crippen molar-refractivity contribution < 1.29 is 69.4 Å². The van der Waals surface area contributed by atoms with Crippen LogP contribution in [0.25, 0.3) is 0 Å². The van der Waals surface area contributed by atoms with Gasteiger partial charge >= 0.3 is 5.97 Å². The Balaban J connectivity index is 1.74. The van der Waals surface area contributed by atoms with Gasteiger partial charge in [0.15, 0.2) is 24.5 Å². The molecule has 2 aliphatic heterocycles. The van der Waals surface area contributed by atoms with Crippen molar-refractivity contribution in [2.75, 3.05) is 13.2 Å². The van der Waals surface area contributed by atoms with Gasteiger partial charge in [-0.15, -0.1) is 0 Å². The predicted molar refractivity (Wildman–Crippen MR) is 129 cm³/mol. The van der Waals surface area contributed by atoms with Crippen molar-refractivity contribution in [3.8, 4) is 0 Å². The number of carbonyl (C=O) groups excluding carboxylic acids is 1. The Morgan fingerprint density at radius 3 is 2.28 bits per heavy atom. The lowest BCUT2D eigenvalue weighted by Crippen LogP contribution is -2.65. The minimum atomic E-state index is -1.96. The summed E-state index contributed by atoms with van der Waals surface area (Å²) in [5.41, 5.74) is 0.217. The second kappa shape index (κ2) is 13.0. The lowest BCUT2D eigenvalue weighted by molar-refractivity contribution is -0.368. The fraction of sp³-hybridized carbons (Fsp3) is 0.840. The van der Waals surface area contributed by atoms with E-state index >= 15 is 0 Å². The molecule has 0 bridgehead atoms. The fourth-order valence-electron chi connectivity index (χ4n) is 5.49. The average Bonchev–Trinajstić information content (AvgIpc) is 2.86. The summed E-state index contributed by atoms with van der Waals surface area (Å²) in [4.78, 5) is 23.5. The van der Waals surface area contributed by atoms with Gasteiger partial charge in [-0.3, -0.25) is 4.79 Å². The van der Waals surface area contributed by atoms with E-state index in [4.69, 9.17) is 18.9 Å². The minimum Gasteiger partial charge on any atom is -0.479 e. The monoisotopic (exact) mass is 564 g/mol. The van der Waals surface area contributed by atoms with Crippen LogP contribution in [0.3, 0.4) is 0 Å². The van der Waals surface area contributed by atoms with Crippen LogP contribution in [0.15, 0.2) is 11.6 Å². The number of hydrogen-bond acceptors (Lipinski definition) is 13. The van der Waals surface area contributed by atoms with Crippen molar-refractivity contribution in [3.05, 3.63) is 11.6 Å². The quantitative estimate of drug-likeness (QED) is 0.136. The van der Waals surface area contributed by atoms with Crippen molar-refractivity contribution in [2.45, 2.75) is 108 Å². The number of aliphatic hydroxyl groups is 7. The standard InChI is InChI=1S/C25H40O14/c1-10(4-5-13-11(8-26)6-12(28)7-25(13,2)3)36-24-21(17(31)15(29)14(9-27)37-24)39-23-19(33)16(30)18(32)20(38-23)22(34)35/h6,10,13-21,23-24,26-27,29-33H,4-5,7-9H2,1-3H3,(H,34,35)/t10-,13-,14-,15-,16+,17+,18+,19-,20+,21-,23+,24-/m1/s1. The summed E-state index contributed by atoms with van der Waals surface area (Å²) in [5.74, 6) is -1.81. The number of hydrogen-bond donors (Lipinski definition) is 8. The van der Waals surface area contributed by atoms with Gasteiger partial charge in [0.25, 0.3) is 0 Å². The second-order valence-corrected chi connectivity index (χ2v) is 11.1. The largest absolute Gasteiger partial charge is 0.479 e. The van der Waals surface area contributed by atoms with Crippen LogP contribution in [0.2, 0.25) is 0 Å². The number of carboxylic acid groups (broad SMARTS) is 1. The molecule has 0 saturated carbocycles. The summed E-state index contributed by atoms with van der Waals surface area (Å²) in [5, 5.41) is 80.1. The van der Waals surface area contributed by atoms with Crippen LogP contribution in [-0.2, 0) is 28.5 Å². The third kappa shape index (κ3) is 7.02. The van der Waals surface area contributed by atoms with Crippen molar-refractivity contribution in [1.82, 2.24) is 0 Å². The van der Waals surface area contributed by atoms with Gasteiger partial charge < -0.3 is 59.8 Å². The summed E-state index contributed by atoms with van der Waals surface area (Å²) in [6.45, 7) is 4.63. The number of ketones is 1. The summed E-state index contributed by atoms with van der Waals surface area (Å²) >= 11 is 0. The Bertz CT molecular complexity index is 892. The van der Waals surface area contributed by atoms with E-state index in [-0.39, 0.29) is 18.3 Å². The smallest absolute Gasteiger partial charge is 0.335 e. The Labute approximate surface area is 225 Å². The van der Waals surface area contributed by atoms with Gasteiger partial charge in [0, 0.05) is 6.42 Å². The number of aliphatic hydroxyl groups excluding tert-OH is 7. The molecular weight excluding hydrogens is 524 g/mol. The van der Waals surface area contributed by atoms with Gasteiger partial charge in [-0.05, 0) is 42.7 Å². The molecule has 14 heteroatoms. The highest BCUT2D eigenvalue weighted by molar-refractivity contribution is 5.92. The zero-order chi connectivity index (χ0) is 29.2. The van der Waals surface area contributed by atoms with E-state index in [1.165, 1.54) is 6.08 Å². The first-order chi connectivity index (χ1) is 18.2. The maximum atomic E-state index is 12.0. The molecule has 3 aliphatic rings. The molecule has 0 aromatic carbocycles. The van der Waals surface area contributed by atoms with E-state index in [1.807, 2.05) is 13.8 Å². The molecule has 224 valence electrons. The molecule has 2 saturated heterocycles. The molecule has 1 aliphatic carbocycles. The number of ether oxygens (including phenoxy) is 4. The third-order valence-electron chi connectivity index (χ3n) is 7.71. The molecule has 0 radical (unpaired) electrons. The molecule has 12 atom stereocenters. The normalized spacial score (nSPS) is 41.6. The first-order valence-corrected chi connectivity index (χ1v) is 12.9. The van der Waals surface area contributed by atoms with Crippen LogP contribution in [-0.4, -0.2) is 133 Å². The molecule has 14 nitrogen and oxygen atoms in total. The molecule has 0 amide bonds. The zero-order valence-corrected chi connectivity index (χ0v) is 22.1. The summed E-state index contributed by atoms with van der Waals surface area (Å²) in [6.07, 6.45) is -15.2. The van der Waals surface area contributed by atoms with Gasteiger partial charge in [0.1, 0.15) is 42.7 Å². The van der Waals surface area contributed by atoms with E-state index in [2.05, 4.69) is 0 Å². The Morgan fingerprint density at radius 2 is 1.69 bits per heavy atom. The summed E-state index contributed by atoms with van der Waals surface area (Å²) in [6, 6.07) is 0. The zero-order valence-electron chi connectivity index (χ0n) is 22.1. The molecule has 0 aromatic rings. The van der Waals surface area contributed by atoms with Gasteiger partial charge in [-0.2, -0.15) is 0 Å². The minimum absolute atomic E-state index is 0.0577. The Hall–Kier alpha value is -1.56. The number of aliphatic carboxylic acids is 1. The predicted octanol–water partition coefficient (Wildman–Crippen LogP) is -2.58. The molecule has 39 heavy (non-hydrogen) atoms. The highest BCUT2D eigenvalue weighted by atomic mass is 16.8. The lowest BCUT2D eigenvalue weighted by atomic mass is 9.66. The van der Waals surface area contributed by atoms with Crippen molar-refractivity contribution in [1.29, 1.82) is 0 Å². The van der Waals surface area contributed by atoms with Gasteiger partial charge in [-0.1, -0.05) is 13.8 Å². The molecular formula is C25H40O14. The number of carbonyl (C=O) groups is 2. The highest BCUT2D eigenvalue weighted by Gasteiger charge is 2.52. The highest BCUT2D eigenvalue weighted by Crippen LogP contribution is 2.42. The van der Waals surface area contributed by atoms with Crippen LogP contribution in [0.5, 0.6) is 0 Å². The summed E-state index contributed by atoms with van der Waals surface area (Å²) < 4.78 is 22.3. The van der Waals surface area contributed by atoms with Crippen molar-refractivity contribution in [3.63, 3.8) is 0 Å². The molecule has 0 aromatic heterocycles. The van der Waals surface area contributed by atoms with Crippen LogP contribution < -0.4 is 0 Å². The van der Waals surface area contributed by atoms with Crippen LogP contribution in [0.4, 0.5) is 0 Å². The van der Waals surface area contributed by atoms with Crippen molar-refractivity contribution >= 4 is 11.8 Å².